The summed E-state index contributed by atoms with van der Waals surface area (Å²) in [7, 11) is 0. The molecule has 3 fully saturated rings. The summed E-state index contributed by atoms with van der Waals surface area (Å²) in [6.07, 6.45) is 10.6. The number of amides is 1. The number of rotatable bonds is 16. The molecule has 0 radical (unpaired) electrons. The van der Waals surface area contributed by atoms with Crippen molar-refractivity contribution in [3.63, 3.8) is 0 Å². The second-order valence-corrected chi connectivity index (χ2v) is 18.8. The number of pyridine rings is 1. The summed E-state index contributed by atoms with van der Waals surface area (Å²) in [4.78, 5) is 19.2. The molecule has 1 aromatic carbocycles. The van der Waals surface area contributed by atoms with Crippen LogP contribution in [0, 0.1) is 23.2 Å². The van der Waals surface area contributed by atoms with Crippen LogP contribution in [-0.4, -0.2) is 68.4 Å². The third kappa shape index (κ3) is 10.2. The fraction of sp³-hybridized carbons (Fsp3) is 0.721. The van der Waals surface area contributed by atoms with Gasteiger partial charge in [0.2, 0.25) is 0 Å². The van der Waals surface area contributed by atoms with Gasteiger partial charge in [0.05, 0.1) is 6.10 Å². The zero-order valence-corrected chi connectivity index (χ0v) is 33.0. The number of benzene rings is 1. The SMILES string of the molecule is CC12CCC3c4ccc(OC(=O)N5CCC(c6ccncc6)CC5)cc4CC(CCCCCCCCC[S+]([O-])CCCC(F)(F)C(F)(F)F)C3C1CCC2O. The molecule has 7 unspecified atom stereocenters. The van der Waals surface area contributed by atoms with Gasteiger partial charge in [0.15, 0.2) is 0 Å². The molecule has 0 bridgehead atoms. The largest absolute Gasteiger partial charge is 0.616 e. The Balaban J connectivity index is 0.967. The number of ether oxygens (including phenoxy) is 1. The smallest absolute Gasteiger partial charge is 0.453 e. The van der Waals surface area contributed by atoms with Crippen molar-refractivity contribution in [3.05, 3.63) is 59.4 Å². The molecule has 1 N–H and O–H groups in total. The number of fused-ring (bicyclic) bond motifs is 5. The van der Waals surface area contributed by atoms with Gasteiger partial charge >= 0.3 is 18.2 Å². The number of unbranched alkanes of at least 4 members (excludes halogenated alkanes) is 6. The van der Waals surface area contributed by atoms with Crippen LogP contribution in [0.15, 0.2) is 42.7 Å². The van der Waals surface area contributed by atoms with E-state index in [2.05, 4.69) is 36.2 Å². The van der Waals surface area contributed by atoms with Crippen molar-refractivity contribution in [1.29, 1.82) is 0 Å². The van der Waals surface area contributed by atoms with Gasteiger partial charge in [0.1, 0.15) is 17.3 Å². The molecule has 4 aliphatic rings. The standard InChI is InChI=1S/C43H59F5N2O4S/c1-41-21-15-36-35-12-11-34(54-40(52)50-24-18-31(19-25-50)30-16-22-49-23-17-30)29-33(35)28-32(39(36)37(41)13-14-38(41)51)10-7-5-3-2-4-6-8-26-55(53)27-9-20-42(44,45)43(46,47)48/h11-12,16-17,22-23,29,31-32,36-39,51H,2-10,13-15,18-21,24-28H2,1H3. The third-order valence-electron chi connectivity index (χ3n) is 13.7. The van der Waals surface area contributed by atoms with E-state index in [4.69, 9.17) is 4.74 Å². The van der Waals surface area contributed by atoms with Crippen LogP contribution in [0.5, 0.6) is 5.75 Å². The minimum atomic E-state index is -5.56. The van der Waals surface area contributed by atoms with E-state index in [0.29, 0.717) is 60.6 Å². The van der Waals surface area contributed by atoms with Gasteiger partial charge in [0, 0.05) is 31.9 Å². The number of aromatic nitrogens is 1. The molecule has 2 aromatic rings. The highest BCUT2D eigenvalue weighted by atomic mass is 32.2. The molecule has 55 heavy (non-hydrogen) atoms. The van der Waals surface area contributed by atoms with Crippen molar-refractivity contribution in [1.82, 2.24) is 9.88 Å². The third-order valence-corrected chi connectivity index (χ3v) is 15.2. The molecule has 2 saturated carbocycles. The Morgan fingerprint density at radius 3 is 2.31 bits per heavy atom. The number of aliphatic hydroxyl groups is 1. The maximum absolute atomic E-state index is 13.3. The molecule has 1 aromatic heterocycles. The molecule has 306 valence electrons. The zero-order chi connectivity index (χ0) is 39.2. The Hall–Kier alpha value is -2.44. The van der Waals surface area contributed by atoms with Crippen LogP contribution < -0.4 is 4.74 Å². The lowest BCUT2D eigenvalue weighted by Crippen LogP contribution is -2.47. The van der Waals surface area contributed by atoms with Gasteiger partial charge in [-0.25, -0.2) is 4.79 Å². The fourth-order valence-corrected chi connectivity index (χ4v) is 11.7. The van der Waals surface area contributed by atoms with Crippen LogP contribution >= 0.6 is 0 Å². The number of likely N-dealkylation sites (tertiary alicyclic amines) is 1. The van der Waals surface area contributed by atoms with E-state index in [1.807, 2.05) is 23.4 Å². The molecule has 6 nitrogen and oxygen atoms in total. The number of carbonyl (C=O) groups is 1. The van der Waals surface area contributed by atoms with E-state index in [1.165, 1.54) is 16.7 Å². The molecule has 7 atom stereocenters. The Labute approximate surface area is 326 Å². The molecule has 12 heteroatoms. The van der Waals surface area contributed by atoms with Crippen LogP contribution in [0.2, 0.25) is 0 Å². The topological polar surface area (TPSA) is 85.7 Å². The number of alkyl halides is 5. The number of carbonyl (C=O) groups excluding carboxylic acids is 1. The first-order valence-electron chi connectivity index (χ1n) is 20.7. The summed E-state index contributed by atoms with van der Waals surface area (Å²) in [6, 6.07) is 10.4. The van der Waals surface area contributed by atoms with Gasteiger partial charge in [-0.1, -0.05) is 56.3 Å². The Morgan fingerprint density at radius 1 is 0.927 bits per heavy atom. The predicted octanol–water partition coefficient (Wildman–Crippen LogP) is 10.8. The quantitative estimate of drug-likeness (QED) is 0.104. The van der Waals surface area contributed by atoms with Crippen molar-refractivity contribution >= 4 is 17.3 Å². The van der Waals surface area contributed by atoms with E-state index >= 15 is 0 Å². The number of halogens is 5. The average Bonchev–Trinajstić information content (AvgIpc) is 3.47. The van der Waals surface area contributed by atoms with Gasteiger partial charge in [-0.2, -0.15) is 22.0 Å². The first-order valence-corrected chi connectivity index (χ1v) is 22.2. The van der Waals surface area contributed by atoms with Gasteiger partial charge in [-0.3, -0.25) is 4.98 Å². The summed E-state index contributed by atoms with van der Waals surface area (Å²) in [5, 5.41) is 11.1. The maximum Gasteiger partial charge on any atom is 0.453 e. The first-order chi connectivity index (χ1) is 26.3. The number of piperidine rings is 1. The van der Waals surface area contributed by atoms with Crippen molar-refractivity contribution < 1.29 is 41.1 Å². The number of aliphatic hydroxyl groups excluding tert-OH is 1. The number of hydrogen-bond acceptors (Lipinski definition) is 5. The second-order valence-electron chi connectivity index (χ2n) is 17.1. The number of nitrogens with zero attached hydrogens (tertiary/aromatic N) is 2. The lowest BCUT2D eigenvalue weighted by Gasteiger charge is -2.53. The molecule has 0 spiro atoms. The van der Waals surface area contributed by atoms with Crippen LogP contribution in [0.1, 0.15) is 138 Å². The van der Waals surface area contributed by atoms with Gasteiger partial charge in [-0.15, -0.1) is 0 Å². The fourth-order valence-electron chi connectivity index (χ4n) is 10.5. The van der Waals surface area contributed by atoms with E-state index in [-0.39, 0.29) is 23.4 Å². The van der Waals surface area contributed by atoms with E-state index in [0.717, 1.165) is 89.9 Å². The minimum absolute atomic E-state index is 0.0327. The lowest BCUT2D eigenvalue weighted by molar-refractivity contribution is -0.284. The van der Waals surface area contributed by atoms with Crippen LogP contribution in [0.3, 0.4) is 0 Å². The normalized spacial score (nSPS) is 27.6. The summed E-state index contributed by atoms with van der Waals surface area (Å²) in [5.41, 5.74) is 3.92. The summed E-state index contributed by atoms with van der Waals surface area (Å²) < 4.78 is 81.3. The molecule has 1 aliphatic heterocycles. The molecule has 3 aliphatic carbocycles. The van der Waals surface area contributed by atoms with E-state index < -0.39 is 36.1 Å². The minimum Gasteiger partial charge on any atom is -0.616 e. The monoisotopic (exact) mass is 794 g/mol. The summed E-state index contributed by atoms with van der Waals surface area (Å²) in [6.45, 7) is 3.64. The van der Waals surface area contributed by atoms with E-state index in [9.17, 15) is 36.4 Å². The van der Waals surface area contributed by atoms with Crippen LogP contribution in [0.4, 0.5) is 26.7 Å². The van der Waals surface area contributed by atoms with Crippen molar-refractivity contribution in [2.75, 3.05) is 24.6 Å². The highest BCUT2D eigenvalue weighted by molar-refractivity contribution is 7.91. The first kappa shape index (κ1) is 42.2. The van der Waals surface area contributed by atoms with E-state index in [1.54, 1.807) is 0 Å². The highest BCUT2D eigenvalue weighted by Gasteiger charge is 2.57. The van der Waals surface area contributed by atoms with Crippen molar-refractivity contribution in [2.45, 2.75) is 146 Å². The molecular formula is C43H59F5N2O4S. The zero-order valence-electron chi connectivity index (χ0n) is 32.2. The van der Waals surface area contributed by atoms with Crippen molar-refractivity contribution in [3.8, 4) is 5.75 Å². The summed E-state index contributed by atoms with van der Waals surface area (Å²) in [5.74, 6) is -1.51. The van der Waals surface area contributed by atoms with Crippen LogP contribution in [-0.2, 0) is 17.6 Å². The van der Waals surface area contributed by atoms with Gasteiger partial charge in [0.25, 0.3) is 0 Å². The Kier molecular flexibility index (Phi) is 14.1. The molecule has 1 amide bonds. The predicted molar refractivity (Wildman–Crippen MR) is 205 cm³/mol. The molecule has 6 rings (SSSR count). The van der Waals surface area contributed by atoms with Gasteiger partial charge in [-0.05, 0) is 147 Å². The molecule has 1 saturated heterocycles. The Morgan fingerprint density at radius 2 is 1.60 bits per heavy atom. The second kappa shape index (κ2) is 18.4. The maximum atomic E-state index is 13.3. The summed E-state index contributed by atoms with van der Waals surface area (Å²) >= 11 is -1.38. The highest BCUT2D eigenvalue weighted by Crippen LogP contribution is 2.63. The van der Waals surface area contributed by atoms with Crippen LogP contribution in [0.25, 0.3) is 0 Å². The Bertz CT molecular complexity index is 1540. The molecule has 2 heterocycles. The lowest BCUT2D eigenvalue weighted by atomic mass is 9.52. The average molecular weight is 795 g/mol. The van der Waals surface area contributed by atoms with Crippen molar-refractivity contribution in [2.24, 2.45) is 23.2 Å². The number of hydrogen-bond donors (Lipinski definition) is 1. The molecular weight excluding hydrogens is 736 g/mol. The van der Waals surface area contributed by atoms with Gasteiger partial charge < -0.3 is 19.3 Å².